The van der Waals surface area contributed by atoms with E-state index in [0.29, 0.717) is 22.3 Å². The summed E-state index contributed by atoms with van der Waals surface area (Å²) in [6.07, 6.45) is 15.5. The van der Waals surface area contributed by atoms with Gasteiger partial charge in [-0.2, -0.15) is 0 Å². The lowest BCUT2D eigenvalue weighted by atomic mass is 9.84. The average molecular weight is 375 g/mol. The molecule has 1 aliphatic rings. The molecule has 154 valence electrons. The monoisotopic (exact) mass is 374 g/mol. The first-order valence-corrected chi connectivity index (χ1v) is 11.3. The van der Waals surface area contributed by atoms with Gasteiger partial charge < -0.3 is 10.2 Å². The topological polar surface area (TPSA) is 40.5 Å². The molecule has 2 heteroatoms. The van der Waals surface area contributed by atoms with E-state index in [4.69, 9.17) is 0 Å². The van der Waals surface area contributed by atoms with Gasteiger partial charge in [-0.3, -0.25) is 0 Å². The molecule has 1 aliphatic carbocycles. The van der Waals surface area contributed by atoms with Gasteiger partial charge in [-0.15, -0.1) is 0 Å². The fourth-order valence-electron chi connectivity index (χ4n) is 3.98. The van der Waals surface area contributed by atoms with Crippen molar-refractivity contribution >= 4 is 0 Å². The zero-order valence-corrected chi connectivity index (χ0v) is 18.2. The van der Waals surface area contributed by atoms with Crippen molar-refractivity contribution in [1.82, 2.24) is 0 Å². The summed E-state index contributed by atoms with van der Waals surface area (Å²) in [5, 5.41) is 20.7. The summed E-state index contributed by atoms with van der Waals surface area (Å²) in [7, 11) is 0. The SMILES string of the molecule is CCC(C)(C)CCCCCc1c(O)ccc(O)c1CCCCCC1(C)CC1. The van der Waals surface area contributed by atoms with Crippen LogP contribution in [0.25, 0.3) is 0 Å². The maximum absolute atomic E-state index is 10.3. The van der Waals surface area contributed by atoms with E-state index >= 15 is 0 Å². The van der Waals surface area contributed by atoms with Gasteiger partial charge in [-0.1, -0.05) is 59.8 Å². The lowest BCUT2D eigenvalue weighted by Gasteiger charge is -2.22. The Morgan fingerprint density at radius 2 is 1.37 bits per heavy atom. The lowest BCUT2D eigenvalue weighted by molar-refractivity contribution is 0.308. The standard InChI is InChI=1S/C25H42O2/c1-5-24(2,3)16-10-6-8-12-20-21(23(27)15-14-22(20)26)13-9-7-11-17-25(4)18-19-25/h14-15,26-27H,5-13,16-19H2,1-4H3. The van der Waals surface area contributed by atoms with Crippen molar-refractivity contribution in [1.29, 1.82) is 0 Å². The minimum Gasteiger partial charge on any atom is -0.508 e. The van der Waals surface area contributed by atoms with Crippen LogP contribution >= 0.6 is 0 Å². The summed E-state index contributed by atoms with van der Waals surface area (Å²) >= 11 is 0. The highest BCUT2D eigenvalue weighted by atomic mass is 16.3. The van der Waals surface area contributed by atoms with Gasteiger partial charge in [0.1, 0.15) is 11.5 Å². The second-order valence-electron chi connectivity index (χ2n) is 10.0. The van der Waals surface area contributed by atoms with Gasteiger partial charge in [0.05, 0.1) is 0 Å². The summed E-state index contributed by atoms with van der Waals surface area (Å²) in [4.78, 5) is 0. The first kappa shape index (κ1) is 22.1. The van der Waals surface area contributed by atoms with Gasteiger partial charge in [-0.25, -0.2) is 0 Å². The third-order valence-electron chi connectivity index (χ3n) is 6.93. The third-order valence-corrected chi connectivity index (χ3v) is 6.93. The minimum absolute atomic E-state index is 0.363. The summed E-state index contributed by atoms with van der Waals surface area (Å²) in [5.41, 5.74) is 3.06. The van der Waals surface area contributed by atoms with Crippen LogP contribution in [0, 0.1) is 10.8 Å². The molecule has 0 atom stereocenters. The van der Waals surface area contributed by atoms with Gasteiger partial charge in [-0.05, 0) is 74.3 Å². The zero-order valence-electron chi connectivity index (χ0n) is 18.2. The van der Waals surface area contributed by atoms with Crippen LogP contribution in [0.4, 0.5) is 0 Å². The van der Waals surface area contributed by atoms with Crippen LogP contribution in [0.3, 0.4) is 0 Å². The Bertz CT molecular complexity index is 584. The van der Waals surface area contributed by atoms with Crippen LogP contribution in [-0.2, 0) is 12.8 Å². The molecule has 2 rings (SSSR count). The Morgan fingerprint density at radius 3 is 1.85 bits per heavy atom. The molecule has 27 heavy (non-hydrogen) atoms. The van der Waals surface area contributed by atoms with E-state index in [9.17, 15) is 10.2 Å². The van der Waals surface area contributed by atoms with E-state index < -0.39 is 0 Å². The molecule has 0 saturated heterocycles. The molecular weight excluding hydrogens is 332 g/mol. The number of phenols is 2. The molecule has 1 fully saturated rings. The number of unbranched alkanes of at least 4 members (excludes halogenated alkanes) is 4. The molecule has 0 amide bonds. The molecule has 0 spiro atoms. The molecule has 0 aliphatic heterocycles. The van der Waals surface area contributed by atoms with Crippen molar-refractivity contribution in [3.63, 3.8) is 0 Å². The molecule has 0 aromatic heterocycles. The van der Waals surface area contributed by atoms with Gasteiger partial charge in [0, 0.05) is 11.1 Å². The molecule has 0 unspecified atom stereocenters. The Balaban J connectivity index is 1.79. The van der Waals surface area contributed by atoms with E-state index in [2.05, 4.69) is 27.7 Å². The van der Waals surface area contributed by atoms with E-state index in [-0.39, 0.29) is 0 Å². The van der Waals surface area contributed by atoms with Crippen LogP contribution in [-0.4, -0.2) is 10.2 Å². The molecule has 0 radical (unpaired) electrons. The molecule has 0 bridgehead atoms. The quantitative estimate of drug-likeness (QED) is 0.276. The molecule has 2 nitrogen and oxygen atoms in total. The molecule has 0 heterocycles. The molecule has 1 saturated carbocycles. The van der Waals surface area contributed by atoms with Crippen molar-refractivity contribution in [3.05, 3.63) is 23.3 Å². The second-order valence-corrected chi connectivity index (χ2v) is 10.0. The Hall–Kier alpha value is -1.18. The summed E-state index contributed by atoms with van der Waals surface area (Å²) < 4.78 is 0. The Kier molecular flexibility index (Phi) is 8.06. The van der Waals surface area contributed by atoms with Crippen LogP contribution in [0.2, 0.25) is 0 Å². The number of rotatable bonds is 13. The molecular formula is C25H42O2. The predicted molar refractivity (Wildman–Crippen MR) is 116 cm³/mol. The van der Waals surface area contributed by atoms with Crippen molar-refractivity contribution in [2.75, 3.05) is 0 Å². The highest BCUT2D eigenvalue weighted by molar-refractivity contribution is 5.47. The number of hydrogen-bond donors (Lipinski definition) is 2. The summed E-state index contributed by atoms with van der Waals surface area (Å²) in [5.74, 6) is 0.728. The Morgan fingerprint density at radius 1 is 0.852 bits per heavy atom. The average Bonchev–Trinajstić information content (AvgIpc) is 3.36. The van der Waals surface area contributed by atoms with Crippen molar-refractivity contribution in [3.8, 4) is 11.5 Å². The predicted octanol–water partition coefficient (Wildman–Crippen LogP) is 7.54. The lowest BCUT2D eigenvalue weighted by Crippen LogP contribution is -2.08. The molecule has 1 aromatic rings. The fourth-order valence-corrected chi connectivity index (χ4v) is 3.98. The van der Waals surface area contributed by atoms with Crippen LogP contribution in [0.5, 0.6) is 11.5 Å². The van der Waals surface area contributed by atoms with E-state index in [1.807, 2.05) is 0 Å². The largest absolute Gasteiger partial charge is 0.508 e. The minimum atomic E-state index is 0.363. The number of aromatic hydroxyl groups is 2. The first-order valence-electron chi connectivity index (χ1n) is 11.3. The maximum Gasteiger partial charge on any atom is 0.119 e. The maximum atomic E-state index is 10.3. The van der Waals surface area contributed by atoms with E-state index in [1.54, 1.807) is 12.1 Å². The number of benzene rings is 1. The van der Waals surface area contributed by atoms with Crippen molar-refractivity contribution < 1.29 is 10.2 Å². The number of phenolic OH excluding ortho intramolecular Hbond substituents is 2. The summed E-state index contributed by atoms with van der Waals surface area (Å²) in [6, 6.07) is 3.31. The van der Waals surface area contributed by atoms with Gasteiger partial charge in [0.2, 0.25) is 0 Å². The van der Waals surface area contributed by atoms with Crippen LogP contribution in [0.15, 0.2) is 12.1 Å². The first-order chi connectivity index (χ1) is 12.8. The second kappa shape index (κ2) is 9.85. The van der Waals surface area contributed by atoms with Crippen LogP contribution in [0.1, 0.15) is 109 Å². The van der Waals surface area contributed by atoms with E-state index in [0.717, 1.165) is 36.8 Å². The van der Waals surface area contributed by atoms with Crippen molar-refractivity contribution in [2.24, 2.45) is 10.8 Å². The highest BCUT2D eigenvalue weighted by Gasteiger charge is 2.35. The zero-order chi connectivity index (χ0) is 19.9. The van der Waals surface area contributed by atoms with Crippen LogP contribution < -0.4 is 0 Å². The smallest absolute Gasteiger partial charge is 0.119 e. The third kappa shape index (κ3) is 7.39. The van der Waals surface area contributed by atoms with Gasteiger partial charge in [0.25, 0.3) is 0 Å². The summed E-state index contributed by atoms with van der Waals surface area (Å²) in [6.45, 7) is 9.35. The normalized spacial score (nSPS) is 15.9. The van der Waals surface area contributed by atoms with Crippen molar-refractivity contribution in [2.45, 2.75) is 111 Å². The fraction of sp³-hybridized carbons (Fsp3) is 0.760. The molecule has 1 aromatic carbocycles. The van der Waals surface area contributed by atoms with Gasteiger partial charge in [0.15, 0.2) is 0 Å². The number of hydrogen-bond acceptors (Lipinski definition) is 2. The highest BCUT2D eigenvalue weighted by Crippen LogP contribution is 2.49. The van der Waals surface area contributed by atoms with Gasteiger partial charge >= 0.3 is 0 Å². The van der Waals surface area contributed by atoms with E-state index in [1.165, 1.54) is 57.8 Å². The Labute approximate surface area is 167 Å². The molecule has 2 N–H and O–H groups in total.